The predicted molar refractivity (Wildman–Crippen MR) is 92.5 cm³/mol. The largest absolute Gasteiger partial charge is 0.493 e. The summed E-state index contributed by atoms with van der Waals surface area (Å²) in [7, 11) is 1.56. The first-order valence-corrected chi connectivity index (χ1v) is 9.00. The number of hydrogen-bond donors (Lipinski definition) is 1. The number of benzene rings is 1. The molecule has 0 bridgehead atoms. The Morgan fingerprint density at radius 3 is 2.71 bits per heavy atom. The second kappa shape index (κ2) is 9.54. The Morgan fingerprint density at radius 2 is 2.08 bits per heavy atom. The summed E-state index contributed by atoms with van der Waals surface area (Å²) in [5.74, 6) is 1.05. The number of Topliss-reactive ketones (excluding diaryl/α,β-unsaturated/α-hetero) is 1. The van der Waals surface area contributed by atoms with E-state index in [0.29, 0.717) is 18.1 Å². The summed E-state index contributed by atoms with van der Waals surface area (Å²) in [6.45, 7) is 2.94. The first kappa shape index (κ1) is 18.6. The lowest BCUT2D eigenvalue weighted by Gasteiger charge is -2.20. The minimum atomic E-state index is -0.558. The molecule has 1 aromatic carbocycles. The van der Waals surface area contributed by atoms with E-state index in [9.17, 15) is 9.59 Å². The van der Waals surface area contributed by atoms with Crippen LogP contribution in [-0.2, 0) is 14.3 Å². The minimum absolute atomic E-state index is 0.0144. The average molecular weight is 353 g/mol. The molecule has 0 aromatic heterocycles. The minimum Gasteiger partial charge on any atom is -0.493 e. The summed E-state index contributed by atoms with van der Waals surface area (Å²) in [6.07, 6.45) is 0.0144. The number of ketones is 1. The van der Waals surface area contributed by atoms with Gasteiger partial charge in [0, 0.05) is 12.3 Å². The predicted octanol–water partition coefficient (Wildman–Crippen LogP) is 1.88. The van der Waals surface area contributed by atoms with Gasteiger partial charge in [-0.1, -0.05) is 12.1 Å². The molecule has 24 heavy (non-hydrogen) atoms. The first-order chi connectivity index (χ1) is 11.7. The maximum Gasteiger partial charge on any atom is 0.306 e. The fourth-order valence-electron chi connectivity index (χ4n) is 2.41. The summed E-state index contributed by atoms with van der Waals surface area (Å²) in [4.78, 5) is 24.5. The number of nitrogens with one attached hydrogen (secondary N) is 1. The van der Waals surface area contributed by atoms with Gasteiger partial charge in [0.2, 0.25) is 0 Å². The van der Waals surface area contributed by atoms with Crippen molar-refractivity contribution in [2.45, 2.75) is 18.7 Å². The van der Waals surface area contributed by atoms with Crippen molar-refractivity contribution >= 4 is 23.5 Å². The zero-order chi connectivity index (χ0) is 17.4. The van der Waals surface area contributed by atoms with Crippen LogP contribution in [0, 0.1) is 5.92 Å². The normalized spacial score (nSPS) is 18.0. The summed E-state index contributed by atoms with van der Waals surface area (Å²) in [5, 5.41) is 2.86. The van der Waals surface area contributed by atoms with Crippen LogP contribution in [-0.4, -0.2) is 49.7 Å². The van der Waals surface area contributed by atoms with Gasteiger partial charge >= 0.3 is 5.97 Å². The van der Waals surface area contributed by atoms with Crippen LogP contribution in [0.3, 0.4) is 0 Å². The van der Waals surface area contributed by atoms with E-state index >= 15 is 0 Å². The topological polar surface area (TPSA) is 73.9 Å². The van der Waals surface area contributed by atoms with Crippen molar-refractivity contribution in [2.75, 3.05) is 32.6 Å². The summed E-state index contributed by atoms with van der Waals surface area (Å²) >= 11 is 1.56. The van der Waals surface area contributed by atoms with E-state index in [0.717, 1.165) is 12.3 Å². The first-order valence-electron chi connectivity index (χ1n) is 7.95. The lowest BCUT2D eigenvalue weighted by atomic mass is 10.0. The van der Waals surface area contributed by atoms with Gasteiger partial charge in [0.25, 0.3) is 0 Å². The highest BCUT2D eigenvalue weighted by atomic mass is 32.2. The Balaban J connectivity index is 2.03. The molecule has 2 unspecified atom stereocenters. The van der Waals surface area contributed by atoms with Crippen molar-refractivity contribution in [3.63, 3.8) is 0 Å². The molecular weight excluding hydrogens is 330 g/mol. The maximum atomic E-state index is 12.7. The van der Waals surface area contributed by atoms with Gasteiger partial charge in [0.05, 0.1) is 32.7 Å². The molecule has 0 radical (unpaired) electrons. The van der Waals surface area contributed by atoms with Gasteiger partial charge in [-0.05, 0) is 19.1 Å². The van der Waals surface area contributed by atoms with E-state index < -0.39 is 5.92 Å². The van der Waals surface area contributed by atoms with Gasteiger partial charge in [-0.25, -0.2) is 0 Å². The number of thioether (sulfide) groups is 1. The summed E-state index contributed by atoms with van der Waals surface area (Å²) in [5.41, 5.74) is 0. The number of hydrogen-bond acceptors (Lipinski definition) is 7. The molecule has 0 aliphatic carbocycles. The summed E-state index contributed by atoms with van der Waals surface area (Å²) in [6, 6.07) is 7.22. The molecule has 132 valence electrons. The molecule has 2 atom stereocenters. The molecule has 1 saturated heterocycles. The van der Waals surface area contributed by atoms with E-state index in [1.165, 1.54) is 0 Å². The van der Waals surface area contributed by atoms with Gasteiger partial charge in [-0.3, -0.25) is 14.9 Å². The molecule has 0 spiro atoms. The van der Waals surface area contributed by atoms with Gasteiger partial charge in [0.1, 0.15) is 5.37 Å². The van der Waals surface area contributed by atoms with Crippen LogP contribution >= 0.6 is 11.8 Å². The highest BCUT2D eigenvalue weighted by Gasteiger charge is 2.32. The molecule has 1 aromatic rings. The lowest BCUT2D eigenvalue weighted by molar-refractivity contribution is -0.146. The Bertz CT molecular complexity index is 560. The van der Waals surface area contributed by atoms with Crippen molar-refractivity contribution in [3.05, 3.63) is 24.3 Å². The lowest BCUT2D eigenvalue weighted by Crippen LogP contribution is -2.37. The van der Waals surface area contributed by atoms with Crippen molar-refractivity contribution < 1.29 is 23.8 Å². The van der Waals surface area contributed by atoms with Crippen LogP contribution < -0.4 is 14.8 Å². The Labute approximate surface area is 146 Å². The van der Waals surface area contributed by atoms with Gasteiger partial charge in [0.15, 0.2) is 17.3 Å². The highest BCUT2D eigenvalue weighted by molar-refractivity contribution is 8.00. The van der Waals surface area contributed by atoms with E-state index in [4.69, 9.17) is 14.2 Å². The Morgan fingerprint density at radius 1 is 1.33 bits per heavy atom. The van der Waals surface area contributed by atoms with Crippen LogP contribution in [0.1, 0.15) is 13.3 Å². The molecule has 1 aliphatic heterocycles. The Hall–Kier alpha value is -1.73. The van der Waals surface area contributed by atoms with Crippen LogP contribution in [0.5, 0.6) is 11.5 Å². The van der Waals surface area contributed by atoms with E-state index in [-0.39, 0.29) is 30.2 Å². The molecule has 1 aliphatic rings. The molecule has 0 saturated carbocycles. The van der Waals surface area contributed by atoms with Crippen molar-refractivity contribution in [3.8, 4) is 11.5 Å². The smallest absolute Gasteiger partial charge is 0.306 e. The third kappa shape index (κ3) is 5.14. The molecular formula is C17H23NO5S. The molecule has 0 amide bonds. The fourth-order valence-corrected chi connectivity index (χ4v) is 3.48. The monoisotopic (exact) mass is 353 g/mol. The zero-order valence-electron chi connectivity index (χ0n) is 13.9. The molecule has 1 N–H and O–H groups in total. The quantitative estimate of drug-likeness (QED) is 0.679. The number of para-hydroxylation sites is 2. The number of carbonyl (C=O) groups is 2. The molecule has 1 fully saturated rings. The molecule has 7 heteroatoms. The van der Waals surface area contributed by atoms with E-state index in [2.05, 4.69) is 5.32 Å². The number of methoxy groups -OCH3 is 1. The van der Waals surface area contributed by atoms with Crippen LogP contribution in [0.2, 0.25) is 0 Å². The number of carbonyl (C=O) groups excluding carboxylic acids is 2. The van der Waals surface area contributed by atoms with Gasteiger partial charge < -0.3 is 14.2 Å². The highest BCUT2D eigenvalue weighted by Crippen LogP contribution is 2.27. The van der Waals surface area contributed by atoms with Crippen LogP contribution in [0.4, 0.5) is 0 Å². The third-order valence-corrected chi connectivity index (χ3v) is 4.78. The second-order valence-corrected chi connectivity index (χ2v) is 6.49. The van der Waals surface area contributed by atoms with Crippen LogP contribution in [0.15, 0.2) is 24.3 Å². The second-order valence-electron chi connectivity index (χ2n) is 5.28. The standard InChI is InChI=1S/C17H23NO5S/c1-3-22-15(19)10-12(16(20)17-18-8-9-24-17)11-23-14-7-5-4-6-13(14)21-2/h4-7,12,17-18H,3,8-11H2,1-2H3. The van der Waals surface area contributed by atoms with Crippen molar-refractivity contribution in [1.82, 2.24) is 5.32 Å². The number of ether oxygens (including phenoxy) is 3. The average Bonchev–Trinajstić information content (AvgIpc) is 3.13. The zero-order valence-corrected chi connectivity index (χ0v) is 14.8. The van der Waals surface area contributed by atoms with Crippen LogP contribution in [0.25, 0.3) is 0 Å². The fraction of sp³-hybridized carbons (Fsp3) is 0.529. The third-order valence-electron chi connectivity index (χ3n) is 3.60. The SMILES string of the molecule is CCOC(=O)CC(COc1ccccc1OC)C(=O)C1NCCS1. The van der Waals surface area contributed by atoms with E-state index in [1.807, 2.05) is 12.1 Å². The maximum absolute atomic E-state index is 12.7. The molecule has 6 nitrogen and oxygen atoms in total. The molecule has 2 rings (SSSR count). The van der Waals surface area contributed by atoms with E-state index in [1.54, 1.807) is 37.9 Å². The molecule has 1 heterocycles. The van der Waals surface area contributed by atoms with Crippen molar-refractivity contribution in [2.24, 2.45) is 5.92 Å². The summed E-state index contributed by atoms with van der Waals surface area (Å²) < 4.78 is 16.0. The van der Waals surface area contributed by atoms with Gasteiger partial charge in [-0.15, -0.1) is 11.8 Å². The number of rotatable bonds is 9. The van der Waals surface area contributed by atoms with Gasteiger partial charge in [-0.2, -0.15) is 0 Å². The Kier molecular flexibility index (Phi) is 7.39. The number of esters is 1. The van der Waals surface area contributed by atoms with Crippen molar-refractivity contribution in [1.29, 1.82) is 0 Å².